The number of likely N-dealkylation sites (N-methyl/N-ethyl adjacent to an activating group) is 1. The number of anilines is 2. The maximum absolute atomic E-state index is 12.8. The standard InChI is InChI=1S/C19H21ClN2O2/c1-4-21(16-9-7-8-14(2)12-16)19(24)13-22(15(3)23)18-11-6-5-10-17(18)20/h5-12H,4,13H2,1-3H3. The van der Waals surface area contributed by atoms with Gasteiger partial charge in [0.15, 0.2) is 0 Å². The van der Waals surface area contributed by atoms with E-state index in [2.05, 4.69) is 0 Å². The predicted molar refractivity (Wildman–Crippen MR) is 98.7 cm³/mol. The molecule has 0 unspecified atom stereocenters. The monoisotopic (exact) mass is 344 g/mol. The molecule has 24 heavy (non-hydrogen) atoms. The van der Waals surface area contributed by atoms with Crippen molar-refractivity contribution in [3.8, 4) is 0 Å². The van der Waals surface area contributed by atoms with Crippen molar-refractivity contribution >= 4 is 34.8 Å². The van der Waals surface area contributed by atoms with Crippen LogP contribution in [0.15, 0.2) is 48.5 Å². The van der Waals surface area contributed by atoms with Gasteiger partial charge in [0, 0.05) is 19.2 Å². The zero-order chi connectivity index (χ0) is 17.7. The average Bonchev–Trinajstić information content (AvgIpc) is 2.54. The molecule has 0 spiro atoms. The molecule has 0 aliphatic rings. The maximum atomic E-state index is 12.8. The van der Waals surface area contributed by atoms with Gasteiger partial charge in [-0.15, -0.1) is 0 Å². The minimum Gasteiger partial charge on any atom is -0.311 e. The van der Waals surface area contributed by atoms with Gasteiger partial charge in [-0.1, -0.05) is 35.9 Å². The Labute approximate surface area is 147 Å². The minimum absolute atomic E-state index is 0.0547. The predicted octanol–water partition coefficient (Wildman–Crippen LogP) is 4.05. The van der Waals surface area contributed by atoms with Gasteiger partial charge in [0.25, 0.3) is 0 Å². The lowest BCUT2D eigenvalue weighted by atomic mass is 10.2. The molecule has 2 amide bonds. The van der Waals surface area contributed by atoms with Crippen LogP contribution < -0.4 is 9.80 Å². The Morgan fingerprint density at radius 1 is 1.04 bits per heavy atom. The Balaban J connectivity index is 2.27. The Morgan fingerprint density at radius 2 is 1.75 bits per heavy atom. The van der Waals surface area contributed by atoms with Crippen molar-refractivity contribution in [3.63, 3.8) is 0 Å². The molecule has 126 valence electrons. The van der Waals surface area contributed by atoms with Crippen LogP contribution in [0.25, 0.3) is 0 Å². The lowest BCUT2D eigenvalue weighted by Crippen LogP contribution is -2.42. The average molecular weight is 345 g/mol. The van der Waals surface area contributed by atoms with E-state index in [9.17, 15) is 9.59 Å². The Hall–Kier alpha value is -2.33. The van der Waals surface area contributed by atoms with Crippen molar-refractivity contribution in [2.24, 2.45) is 0 Å². The second kappa shape index (κ2) is 7.97. The normalized spacial score (nSPS) is 10.3. The van der Waals surface area contributed by atoms with E-state index >= 15 is 0 Å². The SMILES string of the molecule is CCN(C(=O)CN(C(C)=O)c1ccccc1Cl)c1cccc(C)c1. The van der Waals surface area contributed by atoms with Gasteiger partial charge < -0.3 is 9.80 Å². The van der Waals surface area contributed by atoms with Crippen LogP contribution in [0.4, 0.5) is 11.4 Å². The second-order valence-corrected chi connectivity index (χ2v) is 5.94. The summed E-state index contributed by atoms with van der Waals surface area (Å²) in [5, 5.41) is 0.444. The first kappa shape index (κ1) is 18.0. The number of aryl methyl sites for hydroxylation is 1. The Morgan fingerprint density at radius 3 is 2.33 bits per heavy atom. The van der Waals surface area contributed by atoms with Gasteiger partial charge in [-0.3, -0.25) is 9.59 Å². The summed E-state index contributed by atoms with van der Waals surface area (Å²) >= 11 is 6.18. The summed E-state index contributed by atoms with van der Waals surface area (Å²) in [5.41, 5.74) is 2.44. The molecule has 0 N–H and O–H groups in total. The van der Waals surface area contributed by atoms with E-state index in [0.717, 1.165) is 11.3 Å². The first-order valence-electron chi connectivity index (χ1n) is 7.83. The summed E-state index contributed by atoms with van der Waals surface area (Å²) < 4.78 is 0. The van der Waals surface area contributed by atoms with E-state index in [4.69, 9.17) is 11.6 Å². The smallest absolute Gasteiger partial charge is 0.247 e. The number of rotatable bonds is 5. The summed E-state index contributed by atoms with van der Waals surface area (Å²) in [6.45, 7) is 5.79. The molecule has 0 bridgehead atoms. The van der Waals surface area contributed by atoms with Gasteiger partial charge in [-0.25, -0.2) is 0 Å². The lowest BCUT2D eigenvalue weighted by Gasteiger charge is -2.27. The summed E-state index contributed by atoms with van der Waals surface area (Å²) in [6, 6.07) is 14.8. The number of halogens is 1. The van der Waals surface area contributed by atoms with Gasteiger partial charge in [0.2, 0.25) is 11.8 Å². The van der Waals surface area contributed by atoms with Crippen molar-refractivity contribution < 1.29 is 9.59 Å². The molecule has 0 radical (unpaired) electrons. The first-order valence-corrected chi connectivity index (χ1v) is 8.21. The number of para-hydroxylation sites is 1. The second-order valence-electron chi connectivity index (χ2n) is 5.53. The molecule has 0 heterocycles. The zero-order valence-corrected chi connectivity index (χ0v) is 14.9. The van der Waals surface area contributed by atoms with Crippen LogP contribution in [0.5, 0.6) is 0 Å². The molecule has 2 rings (SSSR count). The van der Waals surface area contributed by atoms with Crippen LogP contribution in [-0.2, 0) is 9.59 Å². The molecule has 4 nitrogen and oxygen atoms in total. The molecule has 0 fully saturated rings. The molecule has 0 aliphatic carbocycles. The molecule has 0 aliphatic heterocycles. The number of nitrogens with zero attached hydrogens (tertiary/aromatic N) is 2. The summed E-state index contributed by atoms with van der Waals surface area (Å²) in [7, 11) is 0. The highest BCUT2D eigenvalue weighted by Crippen LogP contribution is 2.26. The summed E-state index contributed by atoms with van der Waals surface area (Å²) in [5.74, 6) is -0.380. The molecule has 0 atom stereocenters. The van der Waals surface area contributed by atoms with E-state index in [1.165, 1.54) is 11.8 Å². The van der Waals surface area contributed by atoms with E-state index in [0.29, 0.717) is 17.3 Å². The summed E-state index contributed by atoms with van der Waals surface area (Å²) in [6.07, 6.45) is 0. The van der Waals surface area contributed by atoms with Crippen LogP contribution in [0.3, 0.4) is 0 Å². The van der Waals surface area contributed by atoms with Gasteiger partial charge >= 0.3 is 0 Å². The largest absolute Gasteiger partial charge is 0.311 e. The molecule has 0 saturated heterocycles. The van der Waals surface area contributed by atoms with Crippen molar-refractivity contribution in [2.45, 2.75) is 20.8 Å². The molecular weight excluding hydrogens is 324 g/mol. The number of hydrogen-bond acceptors (Lipinski definition) is 2. The van der Waals surface area contributed by atoms with Crippen molar-refractivity contribution in [2.75, 3.05) is 22.9 Å². The van der Waals surface area contributed by atoms with E-state index < -0.39 is 0 Å². The fourth-order valence-electron chi connectivity index (χ4n) is 2.56. The third-order valence-corrected chi connectivity index (χ3v) is 4.07. The fourth-order valence-corrected chi connectivity index (χ4v) is 2.79. The van der Waals surface area contributed by atoms with Crippen LogP contribution in [0.2, 0.25) is 5.02 Å². The van der Waals surface area contributed by atoms with Crippen LogP contribution in [0.1, 0.15) is 19.4 Å². The Kier molecular flexibility index (Phi) is 5.99. The number of hydrogen-bond donors (Lipinski definition) is 0. The van der Waals surface area contributed by atoms with Gasteiger partial charge in [0.05, 0.1) is 10.7 Å². The Bertz CT molecular complexity index is 746. The first-order chi connectivity index (χ1) is 11.4. The van der Waals surface area contributed by atoms with Gasteiger partial charge in [-0.05, 0) is 43.7 Å². The highest BCUT2D eigenvalue weighted by Gasteiger charge is 2.22. The van der Waals surface area contributed by atoms with Gasteiger partial charge in [0.1, 0.15) is 6.54 Å². The number of carbonyl (C=O) groups excluding carboxylic acids is 2. The van der Waals surface area contributed by atoms with Crippen LogP contribution >= 0.6 is 11.6 Å². The molecule has 2 aromatic carbocycles. The van der Waals surface area contributed by atoms with Crippen LogP contribution in [0, 0.1) is 6.92 Å². The summed E-state index contributed by atoms with van der Waals surface area (Å²) in [4.78, 5) is 27.9. The highest BCUT2D eigenvalue weighted by molar-refractivity contribution is 6.33. The maximum Gasteiger partial charge on any atom is 0.247 e. The lowest BCUT2D eigenvalue weighted by molar-refractivity contribution is -0.121. The molecule has 0 saturated carbocycles. The molecule has 0 aromatic heterocycles. The third-order valence-electron chi connectivity index (χ3n) is 3.75. The molecular formula is C19H21ClN2O2. The molecule has 5 heteroatoms. The van der Waals surface area contributed by atoms with E-state index in [1.807, 2.05) is 38.1 Å². The van der Waals surface area contributed by atoms with Crippen molar-refractivity contribution in [1.82, 2.24) is 0 Å². The zero-order valence-electron chi connectivity index (χ0n) is 14.1. The van der Waals surface area contributed by atoms with Gasteiger partial charge in [-0.2, -0.15) is 0 Å². The number of carbonyl (C=O) groups is 2. The minimum atomic E-state index is -0.225. The van der Waals surface area contributed by atoms with E-state index in [-0.39, 0.29) is 18.4 Å². The number of benzene rings is 2. The fraction of sp³-hybridized carbons (Fsp3) is 0.263. The third kappa shape index (κ3) is 4.15. The quantitative estimate of drug-likeness (QED) is 0.820. The van der Waals surface area contributed by atoms with Crippen molar-refractivity contribution in [3.05, 3.63) is 59.1 Å². The molecule has 2 aromatic rings. The topological polar surface area (TPSA) is 40.6 Å². The number of amides is 2. The van der Waals surface area contributed by atoms with Crippen LogP contribution in [-0.4, -0.2) is 24.9 Å². The highest BCUT2D eigenvalue weighted by atomic mass is 35.5. The van der Waals surface area contributed by atoms with Crippen molar-refractivity contribution in [1.29, 1.82) is 0 Å². The van der Waals surface area contributed by atoms with E-state index in [1.54, 1.807) is 29.2 Å².